The van der Waals surface area contributed by atoms with Gasteiger partial charge in [0, 0.05) is 10.8 Å². The number of urea groups is 1. The normalized spacial score (nSPS) is 15.2. The van der Waals surface area contributed by atoms with E-state index < -0.39 is 12.1 Å². The molecule has 0 saturated heterocycles. The highest BCUT2D eigenvalue weighted by atomic mass is 35.5. The van der Waals surface area contributed by atoms with E-state index in [1.807, 2.05) is 0 Å². The number of hydrogen-bond acceptors (Lipinski definition) is 4. The number of amides is 3. The summed E-state index contributed by atoms with van der Waals surface area (Å²) in [7, 11) is 0. The van der Waals surface area contributed by atoms with Gasteiger partial charge in [-0.3, -0.25) is 9.79 Å². The number of nitrogens with two attached hydrogens (primary N) is 1. The summed E-state index contributed by atoms with van der Waals surface area (Å²) in [6, 6.07) is 5.70. The van der Waals surface area contributed by atoms with E-state index in [2.05, 4.69) is 15.6 Å². The Labute approximate surface area is 131 Å². The predicted octanol–water partition coefficient (Wildman–Crippen LogP) is 1.66. The van der Waals surface area contributed by atoms with E-state index in [1.165, 1.54) is 11.8 Å². The van der Waals surface area contributed by atoms with Crippen molar-refractivity contribution < 1.29 is 9.59 Å². The van der Waals surface area contributed by atoms with Gasteiger partial charge in [0.15, 0.2) is 5.17 Å². The zero-order valence-corrected chi connectivity index (χ0v) is 12.7. The number of carbonyl (C=O) groups excluding carboxylic acids is 2. The largest absolute Gasteiger partial charge is 0.352 e. The predicted molar refractivity (Wildman–Crippen MR) is 84.4 cm³/mol. The highest BCUT2D eigenvalue weighted by Gasteiger charge is 2.19. The van der Waals surface area contributed by atoms with Crippen LogP contribution in [0.25, 0.3) is 0 Å². The van der Waals surface area contributed by atoms with Crippen LogP contribution in [0.5, 0.6) is 0 Å². The first-order chi connectivity index (χ1) is 10.0. The molecule has 1 heterocycles. The quantitative estimate of drug-likeness (QED) is 0.785. The van der Waals surface area contributed by atoms with Gasteiger partial charge in [-0.15, -0.1) is 0 Å². The first-order valence-corrected chi connectivity index (χ1v) is 7.69. The number of aliphatic imine (C=N–C) groups is 1. The molecule has 0 bridgehead atoms. The van der Waals surface area contributed by atoms with Gasteiger partial charge >= 0.3 is 6.03 Å². The Bertz CT molecular complexity index is 562. The summed E-state index contributed by atoms with van der Waals surface area (Å²) in [6.45, 7) is 0.709. The molecule has 8 heteroatoms. The van der Waals surface area contributed by atoms with Crippen molar-refractivity contribution in [2.75, 3.05) is 12.3 Å². The maximum Gasteiger partial charge on any atom is 0.312 e. The molecule has 1 atom stereocenters. The average Bonchev–Trinajstić information content (AvgIpc) is 2.91. The summed E-state index contributed by atoms with van der Waals surface area (Å²) in [5.41, 5.74) is 5.92. The van der Waals surface area contributed by atoms with Crippen LogP contribution >= 0.6 is 23.4 Å². The Morgan fingerprint density at radius 3 is 2.67 bits per heavy atom. The number of carbonyl (C=O) groups is 2. The summed E-state index contributed by atoms with van der Waals surface area (Å²) in [5, 5.41) is 6.48. The van der Waals surface area contributed by atoms with Gasteiger partial charge in [-0.1, -0.05) is 35.5 Å². The molecule has 112 valence electrons. The van der Waals surface area contributed by atoms with E-state index in [0.717, 1.165) is 11.3 Å². The van der Waals surface area contributed by atoms with Crippen LogP contribution in [-0.4, -0.2) is 29.4 Å². The number of benzene rings is 1. The molecule has 0 radical (unpaired) electrons. The van der Waals surface area contributed by atoms with Crippen LogP contribution in [0.4, 0.5) is 4.79 Å². The molecule has 0 spiro atoms. The fraction of sp³-hybridized carbons (Fsp3) is 0.308. The zero-order valence-electron chi connectivity index (χ0n) is 11.1. The Morgan fingerprint density at radius 1 is 1.38 bits per heavy atom. The molecule has 0 unspecified atom stereocenters. The number of primary amides is 1. The van der Waals surface area contributed by atoms with Crippen LogP contribution in [0, 0.1) is 0 Å². The molecule has 2 rings (SSSR count). The Balaban J connectivity index is 2.03. The summed E-state index contributed by atoms with van der Waals surface area (Å²) >= 11 is 7.33. The second kappa shape index (κ2) is 7.33. The topological polar surface area (TPSA) is 96.6 Å². The second-order valence-corrected chi connectivity index (χ2v) is 5.92. The number of hydrogen-bond donors (Lipinski definition) is 3. The molecule has 0 aliphatic carbocycles. The molecule has 0 fully saturated rings. The van der Waals surface area contributed by atoms with Crippen LogP contribution in [0.2, 0.25) is 5.02 Å². The summed E-state index contributed by atoms with van der Waals surface area (Å²) in [6.07, 6.45) is 0.0736. The number of rotatable bonds is 4. The lowest BCUT2D eigenvalue weighted by atomic mass is 10.0. The van der Waals surface area contributed by atoms with Gasteiger partial charge in [-0.2, -0.15) is 0 Å². The smallest absolute Gasteiger partial charge is 0.312 e. The molecular weight excluding hydrogens is 312 g/mol. The van der Waals surface area contributed by atoms with E-state index in [1.54, 1.807) is 24.3 Å². The lowest BCUT2D eigenvalue weighted by molar-refractivity contribution is -0.120. The Kier molecular flexibility index (Phi) is 5.46. The van der Waals surface area contributed by atoms with Crippen LogP contribution in [0.3, 0.4) is 0 Å². The first kappa shape index (κ1) is 15.7. The third-order valence-corrected chi connectivity index (χ3v) is 3.95. The van der Waals surface area contributed by atoms with Gasteiger partial charge < -0.3 is 16.4 Å². The van der Waals surface area contributed by atoms with Gasteiger partial charge in [-0.25, -0.2) is 4.79 Å². The molecule has 3 amide bonds. The van der Waals surface area contributed by atoms with Gasteiger partial charge in [-0.05, 0) is 17.7 Å². The molecule has 0 saturated carbocycles. The number of nitrogens with zero attached hydrogens (tertiary/aromatic N) is 1. The molecule has 0 aromatic heterocycles. The van der Waals surface area contributed by atoms with Gasteiger partial charge in [0.2, 0.25) is 5.91 Å². The van der Waals surface area contributed by atoms with E-state index in [9.17, 15) is 9.59 Å². The highest BCUT2D eigenvalue weighted by molar-refractivity contribution is 8.14. The van der Waals surface area contributed by atoms with Crippen molar-refractivity contribution in [1.82, 2.24) is 10.6 Å². The fourth-order valence-electron chi connectivity index (χ4n) is 1.89. The molecular formula is C13H15ClN4O2S. The zero-order chi connectivity index (χ0) is 15.2. The highest BCUT2D eigenvalue weighted by Crippen LogP contribution is 2.20. The first-order valence-electron chi connectivity index (χ1n) is 6.33. The minimum atomic E-state index is -0.685. The number of nitrogens with one attached hydrogen (secondary N) is 2. The number of amidine groups is 1. The van der Waals surface area contributed by atoms with Crippen molar-refractivity contribution in [3.8, 4) is 0 Å². The third kappa shape index (κ3) is 4.95. The SMILES string of the molecule is NC(=O)N[C@@H](CC(=O)NC1=NCCS1)c1ccc(Cl)cc1. The van der Waals surface area contributed by atoms with Crippen molar-refractivity contribution >= 4 is 40.5 Å². The van der Waals surface area contributed by atoms with Gasteiger partial charge in [0.05, 0.1) is 19.0 Å². The summed E-state index contributed by atoms with van der Waals surface area (Å²) < 4.78 is 0. The molecule has 1 aliphatic heterocycles. The standard InChI is InChI=1S/C13H15ClN4O2S/c14-9-3-1-8(2-4-9)10(17-12(15)20)7-11(19)18-13-16-5-6-21-13/h1-4,10H,5-7H2,(H3,15,17,20)(H,16,18,19)/t10-/m0/s1. The van der Waals surface area contributed by atoms with Crippen LogP contribution in [0.15, 0.2) is 29.3 Å². The number of thioether (sulfide) groups is 1. The minimum Gasteiger partial charge on any atom is -0.352 e. The average molecular weight is 327 g/mol. The molecule has 1 aromatic carbocycles. The van der Waals surface area contributed by atoms with Crippen LogP contribution in [0.1, 0.15) is 18.0 Å². The van der Waals surface area contributed by atoms with E-state index in [4.69, 9.17) is 17.3 Å². The van der Waals surface area contributed by atoms with Gasteiger partial charge in [0.1, 0.15) is 0 Å². The van der Waals surface area contributed by atoms with E-state index in [-0.39, 0.29) is 12.3 Å². The molecule has 1 aliphatic rings. The molecule has 4 N–H and O–H groups in total. The van der Waals surface area contributed by atoms with Crippen molar-refractivity contribution in [3.05, 3.63) is 34.9 Å². The van der Waals surface area contributed by atoms with Crippen molar-refractivity contribution in [2.24, 2.45) is 10.7 Å². The Morgan fingerprint density at radius 2 is 2.10 bits per heavy atom. The molecule has 6 nitrogen and oxygen atoms in total. The fourth-order valence-corrected chi connectivity index (χ4v) is 2.76. The van der Waals surface area contributed by atoms with E-state index in [0.29, 0.717) is 16.7 Å². The van der Waals surface area contributed by atoms with Crippen molar-refractivity contribution in [3.63, 3.8) is 0 Å². The maximum absolute atomic E-state index is 12.0. The van der Waals surface area contributed by atoms with E-state index >= 15 is 0 Å². The maximum atomic E-state index is 12.0. The van der Waals surface area contributed by atoms with Crippen LogP contribution in [-0.2, 0) is 4.79 Å². The second-order valence-electron chi connectivity index (χ2n) is 4.40. The Hall–Kier alpha value is -1.73. The molecule has 1 aromatic rings. The summed E-state index contributed by atoms with van der Waals surface area (Å²) in [5.74, 6) is 0.646. The summed E-state index contributed by atoms with van der Waals surface area (Å²) in [4.78, 5) is 27.3. The van der Waals surface area contributed by atoms with Gasteiger partial charge in [0.25, 0.3) is 0 Å². The number of halogens is 1. The van der Waals surface area contributed by atoms with Crippen LogP contribution < -0.4 is 16.4 Å². The van der Waals surface area contributed by atoms with Crippen molar-refractivity contribution in [1.29, 1.82) is 0 Å². The van der Waals surface area contributed by atoms with Crippen molar-refractivity contribution in [2.45, 2.75) is 12.5 Å². The lowest BCUT2D eigenvalue weighted by Gasteiger charge is -2.17. The molecule has 21 heavy (non-hydrogen) atoms. The monoisotopic (exact) mass is 326 g/mol. The minimum absolute atomic E-state index is 0.0736. The lowest BCUT2D eigenvalue weighted by Crippen LogP contribution is -2.37. The third-order valence-electron chi connectivity index (χ3n) is 2.81.